The van der Waals surface area contributed by atoms with E-state index in [4.69, 9.17) is 16.3 Å². The molecule has 5 nitrogen and oxygen atoms in total. The van der Waals surface area contributed by atoms with Gasteiger partial charge in [0, 0.05) is 17.3 Å². The Morgan fingerprint density at radius 1 is 1.28 bits per heavy atom. The summed E-state index contributed by atoms with van der Waals surface area (Å²) in [7, 11) is 0. The van der Waals surface area contributed by atoms with Crippen molar-refractivity contribution in [3.05, 3.63) is 57.4 Å². The van der Waals surface area contributed by atoms with Crippen LogP contribution in [0, 0.1) is 13.8 Å². The Morgan fingerprint density at radius 2 is 2.00 bits per heavy atom. The van der Waals surface area contributed by atoms with E-state index in [2.05, 4.69) is 10.3 Å². The predicted molar refractivity (Wildman–Crippen MR) is 98.3 cm³/mol. The van der Waals surface area contributed by atoms with E-state index in [1.807, 2.05) is 24.3 Å². The summed E-state index contributed by atoms with van der Waals surface area (Å²) in [5.74, 6) is -0.662. The molecule has 6 heteroatoms. The number of nitrogens with one attached hydrogen (secondary N) is 2. The minimum Gasteiger partial charge on any atom is -0.459 e. The van der Waals surface area contributed by atoms with Crippen LogP contribution in [0.3, 0.4) is 0 Å². The summed E-state index contributed by atoms with van der Waals surface area (Å²) in [6, 6.07) is 7.52. The molecule has 2 rings (SSSR count). The first-order valence-electron chi connectivity index (χ1n) is 8.22. The Hall–Kier alpha value is -2.27. The van der Waals surface area contributed by atoms with Crippen molar-refractivity contribution in [2.75, 3.05) is 6.54 Å². The number of benzene rings is 1. The van der Waals surface area contributed by atoms with Crippen molar-refractivity contribution in [2.24, 2.45) is 0 Å². The van der Waals surface area contributed by atoms with Gasteiger partial charge in [0.25, 0.3) is 5.91 Å². The maximum atomic E-state index is 12.4. The molecule has 0 unspecified atom stereocenters. The van der Waals surface area contributed by atoms with E-state index in [-0.39, 0.29) is 12.0 Å². The average molecular weight is 363 g/mol. The molecule has 0 saturated heterocycles. The van der Waals surface area contributed by atoms with Crippen LogP contribution in [0.4, 0.5) is 0 Å². The molecule has 1 aromatic heterocycles. The molecule has 0 radical (unpaired) electrons. The van der Waals surface area contributed by atoms with Crippen LogP contribution in [-0.4, -0.2) is 29.5 Å². The minimum atomic E-state index is -0.417. The summed E-state index contributed by atoms with van der Waals surface area (Å²) < 4.78 is 5.24. The summed E-state index contributed by atoms with van der Waals surface area (Å²) in [4.78, 5) is 27.6. The Labute approximate surface area is 152 Å². The molecule has 0 atom stereocenters. The summed E-state index contributed by atoms with van der Waals surface area (Å²) in [5.41, 5.74) is 3.09. The van der Waals surface area contributed by atoms with Gasteiger partial charge in [-0.05, 0) is 57.4 Å². The van der Waals surface area contributed by atoms with Gasteiger partial charge in [0.1, 0.15) is 5.69 Å². The van der Waals surface area contributed by atoms with E-state index in [1.165, 1.54) is 0 Å². The highest BCUT2D eigenvalue weighted by Crippen LogP contribution is 2.19. The number of carbonyl (C=O) groups excluding carboxylic acids is 2. The molecule has 1 heterocycles. The zero-order valence-corrected chi connectivity index (χ0v) is 15.7. The largest absolute Gasteiger partial charge is 0.459 e. The van der Waals surface area contributed by atoms with Crippen molar-refractivity contribution in [3.63, 3.8) is 0 Å². The Balaban J connectivity index is 2.03. The predicted octanol–water partition coefficient (Wildman–Crippen LogP) is 3.82. The van der Waals surface area contributed by atoms with Crippen molar-refractivity contribution < 1.29 is 14.3 Å². The molecule has 0 spiro atoms. The molecule has 25 heavy (non-hydrogen) atoms. The SMILES string of the molecule is Cc1[nH]c(C(=O)NCCc2cccc(Cl)c2)c(C)c1C(=O)OC(C)C. The van der Waals surface area contributed by atoms with Gasteiger partial charge < -0.3 is 15.0 Å². The minimum absolute atomic E-state index is 0.212. The van der Waals surface area contributed by atoms with E-state index >= 15 is 0 Å². The summed E-state index contributed by atoms with van der Waals surface area (Å²) in [6.07, 6.45) is 0.462. The third-order valence-corrected chi connectivity index (χ3v) is 4.03. The van der Waals surface area contributed by atoms with Gasteiger partial charge in [0.05, 0.1) is 11.7 Å². The second-order valence-electron chi connectivity index (χ2n) is 6.21. The third-order valence-electron chi connectivity index (χ3n) is 3.80. The van der Waals surface area contributed by atoms with Crippen molar-refractivity contribution in [1.82, 2.24) is 10.3 Å². The van der Waals surface area contributed by atoms with Crippen LogP contribution in [0.1, 0.15) is 51.5 Å². The monoisotopic (exact) mass is 362 g/mol. The number of hydrogen-bond acceptors (Lipinski definition) is 3. The third kappa shape index (κ3) is 4.86. The van der Waals surface area contributed by atoms with E-state index in [0.29, 0.717) is 40.5 Å². The molecule has 0 aliphatic heterocycles. The number of carbonyl (C=O) groups is 2. The first-order chi connectivity index (χ1) is 11.8. The highest BCUT2D eigenvalue weighted by molar-refractivity contribution is 6.30. The molecule has 0 aliphatic rings. The highest BCUT2D eigenvalue weighted by Gasteiger charge is 2.23. The van der Waals surface area contributed by atoms with Gasteiger partial charge in [-0.15, -0.1) is 0 Å². The molecule has 0 fully saturated rings. The fourth-order valence-electron chi connectivity index (χ4n) is 2.66. The van der Waals surface area contributed by atoms with Gasteiger partial charge >= 0.3 is 5.97 Å². The number of aryl methyl sites for hydroxylation is 1. The quantitative estimate of drug-likeness (QED) is 0.767. The molecule has 0 saturated carbocycles. The number of aromatic nitrogens is 1. The Morgan fingerprint density at radius 3 is 2.64 bits per heavy atom. The Kier molecular flexibility index (Phi) is 6.26. The van der Waals surface area contributed by atoms with Crippen molar-refractivity contribution in [1.29, 1.82) is 0 Å². The first kappa shape index (κ1) is 19.1. The number of H-pyrrole nitrogens is 1. The first-order valence-corrected chi connectivity index (χ1v) is 8.60. The summed E-state index contributed by atoms with van der Waals surface area (Å²) >= 11 is 5.95. The van der Waals surface area contributed by atoms with Crippen molar-refractivity contribution >= 4 is 23.5 Å². The Bertz CT molecular complexity index is 781. The molecule has 2 N–H and O–H groups in total. The number of halogens is 1. The standard InChI is InChI=1S/C19H23ClN2O3/c1-11(2)25-19(24)16-12(3)17(22-13(16)4)18(23)21-9-8-14-6-5-7-15(20)10-14/h5-7,10-11,22H,8-9H2,1-4H3,(H,21,23). The number of hydrogen-bond donors (Lipinski definition) is 2. The lowest BCUT2D eigenvalue weighted by atomic mass is 10.1. The molecule has 1 aromatic carbocycles. The van der Waals surface area contributed by atoms with Gasteiger partial charge in [-0.25, -0.2) is 4.79 Å². The maximum Gasteiger partial charge on any atom is 0.340 e. The van der Waals surface area contributed by atoms with Crippen molar-refractivity contribution in [3.8, 4) is 0 Å². The van der Waals surface area contributed by atoms with Crippen LogP contribution in [0.25, 0.3) is 0 Å². The molecule has 1 amide bonds. The second-order valence-corrected chi connectivity index (χ2v) is 6.65. The zero-order chi connectivity index (χ0) is 18.6. The highest BCUT2D eigenvalue weighted by atomic mass is 35.5. The van der Waals surface area contributed by atoms with Gasteiger partial charge in [-0.1, -0.05) is 23.7 Å². The van der Waals surface area contributed by atoms with E-state index in [0.717, 1.165) is 5.56 Å². The van der Waals surface area contributed by atoms with E-state index in [1.54, 1.807) is 27.7 Å². The van der Waals surface area contributed by atoms with Gasteiger partial charge in [-0.3, -0.25) is 4.79 Å². The lowest BCUT2D eigenvalue weighted by Gasteiger charge is -2.08. The van der Waals surface area contributed by atoms with Crippen LogP contribution < -0.4 is 5.32 Å². The molecular formula is C19H23ClN2O3. The fraction of sp³-hybridized carbons (Fsp3) is 0.368. The second kappa shape index (κ2) is 8.21. The number of rotatable bonds is 6. The summed E-state index contributed by atoms with van der Waals surface area (Å²) in [6.45, 7) is 7.55. The molecule has 0 aliphatic carbocycles. The lowest BCUT2D eigenvalue weighted by molar-refractivity contribution is 0.0376. The normalized spacial score (nSPS) is 10.8. The topological polar surface area (TPSA) is 71.2 Å². The van der Waals surface area contributed by atoms with Crippen molar-refractivity contribution in [2.45, 2.75) is 40.2 Å². The van der Waals surface area contributed by atoms with Gasteiger partial charge in [-0.2, -0.15) is 0 Å². The molecular weight excluding hydrogens is 340 g/mol. The fourth-order valence-corrected chi connectivity index (χ4v) is 2.87. The molecule has 134 valence electrons. The maximum absolute atomic E-state index is 12.4. The van der Waals surface area contributed by atoms with Gasteiger partial charge in [0.2, 0.25) is 0 Å². The number of esters is 1. The molecule has 0 bridgehead atoms. The number of ether oxygens (including phenoxy) is 1. The van der Waals surface area contributed by atoms with Crippen LogP contribution in [0.15, 0.2) is 24.3 Å². The van der Waals surface area contributed by atoms with Gasteiger partial charge in [0.15, 0.2) is 0 Å². The van der Waals surface area contributed by atoms with Crippen LogP contribution in [-0.2, 0) is 11.2 Å². The van der Waals surface area contributed by atoms with Crippen LogP contribution in [0.2, 0.25) is 5.02 Å². The lowest BCUT2D eigenvalue weighted by Crippen LogP contribution is -2.26. The smallest absolute Gasteiger partial charge is 0.340 e. The number of amides is 1. The van der Waals surface area contributed by atoms with Crippen LogP contribution in [0.5, 0.6) is 0 Å². The zero-order valence-electron chi connectivity index (χ0n) is 14.9. The number of aromatic amines is 1. The average Bonchev–Trinajstić information content (AvgIpc) is 2.81. The van der Waals surface area contributed by atoms with E-state index < -0.39 is 5.97 Å². The van der Waals surface area contributed by atoms with E-state index in [9.17, 15) is 9.59 Å². The molecule has 2 aromatic rings. The summed E-state index contributed by atoms with van der Waals surface area (Å²) in [5, 5.41) is 3.54. The van der Waals surface area contributed by atoms with Crippen LogP contribution >= 0.6 is 11.6 Å².